The number of carboxylic acids is 1. The van der Waals surface area contributed by atoms with Crippen LogP contribution in [-0.2, 0) is 41.5 Å². The minimum atomic E-state index is -1.01. The summed E-state index contributed by atoms with van der Waals surface area (Å²) in [4.78, 5) is 49.0. The van der Waals surface area contributed by atoms with E-state index in [-0.39, 0.29) is 25.3 Å². The molecular formula is C28H35NO7. The number of carbonyl (C=O) groups excluding carboxylic acids is 3. The van der Waals surface area contributed by atoms with Gasteiger partial charge < -0.3 is 19.9 Å². The maximum Gasteiger partial charge on any atom is 0.314 e. The topological polar surface area (TPSA) is 119 Å². The highest BCUT2D eigenvalue weighted by atomic mass is 16.7. The Bertz CT molecular complexity index is 1000. The van der Waals surface area contributed by atoms with Gasteiger partial charge in [0.2, 0.25) is 12.7 Å². The van der Waals surface area contributed by atoms with Gasteiger partial charge in [-0.2, -0.15) is 0 Å². The van der Waals surface area contributed by atoms with Crippen LogP contribution in [0.1, 0.15) is 44.7 Å². The second kappa shape index (κ2) is 14.0. The fourth-order valence-corrected chi connectivity index (χ4v) is 3.60. The van der Waals surface area contributed by atoms with Gasteiger partial charge in [-0.1, -0.05) is 60.7 Å². The monoisotopic (exact) mass is 497 g/mol. The van der Waals surface area contributed by atoms with E-state index >= 15 is 0 Å². The van der Waals surface area contributed by atoms with E-state index in [4.69, 9.17) is 14.6 Å². The van der Waals surface area contributed by atoms with Gasteiger partial charge in [-0.05, 0) is 51.2 Å². The summed E-state index contributed by atoms with van der Waals surface area (Å²) in [5.41, 5.74) is 1.09. The Kier molecular flexibility index (Phi) is 11.1. The Hall–Kier alpha value is -3.68. The molecule has 0 radical (unpaired) electrons. The highest BCUT2D eigenvalue weighted by Crippen LogP contribution is 2.23. The number of ether oxygens (including phenoxy) is 2. The van der Waals surface area contributed by atoms with Crippen LogP contribution in [0.4, 0.5) is 0 Å². The first-order chi connectivity index (χ1) is 17.1. The predicted molar refractivity (Wildman–Crippen MR) is 134 cm³/mol. The van der Waals surface area contributed by atoms with Gasteiger partial charge in [0, 0.05) is 12.5 Å². The molecule has 1 amide bonds. The maximum atomic E-state index is 13.1. The smallest absolute Gasteiger partial charge is 0.314 e. The van der Waals surface area contributed by atoms with Crippen LogP contribution in [0.15, 0.2) is 60.7 Å². The van der Waals surface area contributed by atoms with Crippen LogP contribution < -0.4 is 5.32 Å². The predicted octanol–water partition coefficient (Wildman–Crippen LogP) is 3.78. The zero-order valence-electron chi connectivity index (χ0n) is 21.1. The van der Waals surface area contributed by atoms with Crippen molar-refractivity contribution in [2.75, 3.05) is 13.3 Å². The van der Waals surface area contributed by atoms with Gasteiger partial charge in [-0.15, -0.1) is 0 Å². The molecule has 0 spiro atoms. The summed E-state index contributed by atoms with van der Waals surface area (Å²) in [5.74, 6) is -3.68. The molecule has 0 heterocycles. The number of carbonyl (C=O) groups is 4. The van der Waals surface area contributed by atoms with Crippen molar-refractivity contribution in [3.8, 4) is 0 Å². The van der Waals surface area contributed by atoms with Gasteiger partial charge >= 0.3 is 17.9 Å². The van der Waals surface area contributed by atoms with Crippen LogP contribution in [0.25, 0.3) is 0 Å². The number of carboxylic acid groups (broad SMARTS) is 1. The van der Waals surface area contributed by atoms with Crippen molar-refractivity contribution in [2.24, 2.45) is 17.3 Å². The van der Waals surface area contributed by atoms with Crippen molar-refractivity contribution in [3.63, 3.8) is 0 Å². The third-order valence-electron chi connectivity index (χ3n) is 5.56. The first-order valence-electron chi connectivity index (χ1n) is 12.0. The summed E-state index contributed by atoms with van der Waals surface area (Å²) in [6.45, 7) is 4.59. The molecule has 8 heteroatoms. The van der Waals surface area contributed by atoms with E-state index in [1.54, 1.807) is 20.8 Å². The quantitative estimate of drug-likeness (QED) is 0.319. The second-order valence-corrected chi connectivity index (χ2v) is 9.71. The van der Waals surface area contributed by atoms with Crippen molar-refractivity contribution in [1.29, 1.82) is 0 Å². The van der Waals surface area contributed by atoms with Crippen LogP contribution in [0.5, 0.6) is 0 Å². The fourth-order valence-electron chi connectivity index (χ4n) is 3.60. The van der Waals surface area contributed by atoms with Crippen molar-refractivity contribution in [2.45, 2.75) is 46.5 Å². The van der Waals surface area contributed by atoms with Crippen molar-refractivity contribution >= 4 is 23.8 Å². The zero-order valence-corrected chi connectivity index (χ0v) is 21.1. The third-order valence-corrected chi connectivity index (χ3v) is 5.56. The Labute approximate surface area is 212 Å². The summed E-state index contributed by atoms with van der Waals surface area (Å²) in [6.07, 6.45) is 0.686. The molecule has 0 bridgehead atoms. The molecule has 194 valence electrons. The number of rotatable bonds is 13. The van der Waals surface area contributed by atoms with Gasteiger partial charge in [-0.3, -0.25) is 19.2 Å². The lowest BCUT2D eigenvalue weighted by Crippen LogP contribution is -2.36. The molecule has 2 aromatic carbocycles. The minimum Gasteiger partial charge on any atom is -0.481 e. The summed E-state index contributed by atoms with van der Waals surface area (Å²) in [5, 5.41) is 11.6. The van der Waals surface area contributed by atoms with Gasteiger partial charge in [-0.25, -0.2) is 0 Å². The normalized spacial score (nSPS) is 12.8. The molecule has 8 nitrogen and oxygen atoms in total. The molecule has 0 aliphatic carbocycles. The molecule has 2 rings (SSSR count). The Morgan fingerprint density at radius 3 is 1.86 bits per heavy atom. The van der Waals surface area contributed by atoms with Crippen molar-refractivity contribution in [1.82, 2.24) is 5.32 Å². The Morgan fingerprint density at radius 1 is 0.833 bits per heavy atom. The summed E-state index contributed by atoms with van der Waals surface area (Å²) < 4.78 is 10.4. The Morgan fingerprint density at radius 2 is 1.36 bits per heavy atom. The van der Waals surface area contributed by atoms with E-state index in [2.05, 4.69) is 5.32 Å². The highest BCUT2D eigenvalue weighted by molar-refractivity contribution is 5.81. The molecular weight excluding hydrogens is 462 g/mol. The number of aliphatic carboxylic acids is 1. The number of hydrogen-bond acceptors (Lipinski definition) is 6. The van der Waals surface area contributed by atoms with Crippen LogP contribution in [0.3, 0.4) is 0 Å². The molecule has 0 fully saturated rings. The van der Waals surface area contributed by atoms with Gasteiger partial charge in [0.05, 0.1) is 17.8 Å². The summed E-state index contributed by atoms with van der Waals surface area (Å²) in [7, 11) is 0. The first kappa shape index (κ1) is 28.6. The second-order valence-electron chi connectivity index (χ2n) is 9.71. The largest absolute Gasteiger partial charge is 0.481 e. The minimum absolute atomic E-state index is 0.00396. The summed E-state index contributed by atoms with van der Waals surface area (Å²) in [6, 6.07) is 18.8. The van der Waals surface area contributed by atoms with E-state index in [1.165, 1.54) is 0 Å². The van der Waals surface area contributed by atoms with Gasteiger partial charge in [0.25, 0.3) is 0 Å². The number of esters is 2. The van der Waals surface area contributed by atoms with E-state index < -0.39 is 42.0 Å². The molecule has 0 aliphatic rings. The highest BCUT2D eigenvalue weighted by Gasteiger charge is 2.30. The number of benzene rings is 2. The standard InChI is InChI=1S/C28H35NO7/c1-28(2,3)27(34)36-19-35-26(33)23(17-21-12-8-5-9-13-21)18-22(16-20-10-6-4-7-11-20)25(32)29-15-14-24(30)31/h4-13,22-23H,14-19H2,1-3H3,(H,29,32)(H,30,31)/t22-,23-/m0/s1. The van der Waals surface area contributed by atoms with Crippen molar-refractivity contribution in [3.05, 3.63) is 71.8 Å². The molecule has 0 saturated carbocycles. The van der Waals surface area contributed by atoms with E-state index in [0.717, 1.165) is 11.1 Å². The number of amides is 1. The van der Waals surface area contributed by atoms with Crippen LogP contribution >= 0.6 is 0 Å². The lowest BCUT2D eigenvalue weighted by Gasteiger charge is -2.23. The first-order valence-corrected chi connectivity index (χ1v) is 12.0. The van der Waals surface area contributed by atoms with E-state index in [9.17, 15) is 19.2 Å². The molecule has 0 unspecified atom stereocenters. The molecule has 36 heavy (non-hydrogen) atoms. The average Bonchev–Trinajstić information content (AvgIpc) is 2.83. The lowest BCUT2D eigenvalue weighted by molar-refractivity contribution is -0.175. The van der Waals surface area contributed by atoms with E-state index in [0.29, 0.717) is 12.8 Å². The van der Waals surface area contributed by atoms with E-state index in [1.807, 2.05) is 60.7 Å². The third kappa shape index (κ3) is 10.3. The number of nitrogens with one attached hydrogen (secondary N) is 1. The molecule has 0 saturated heterocycles. The number of hydrogen-bond donors (Lipinski definition) is 2. The summed E-state index contributed by atoms with van der Waals surface area (Å²) >= 11 is 0. The van der Waals surface area contributed by atoms with Gasteiger partial charge in [0.15, 0.2) is 0 Å². The molecule has 0 aromatic heterocycles. The maximum absolute atomic E-state index is 13.1. The fraction of sp³-hybridized carbons (Fsp3) is 0.429. The van der Waals surface area contributed by atoms with Crippen LogP contribution in [0, 0.1) is 17.3 Å². The lowest BCUT2D eigenvalue weighted by atomic mass is 9.85. The van der Waals surface area contributed by atoms with Crippen molar-refractivity contribution < 1.29 is 33.8 Å². The molecule has 2 N–H and O–H groups in total. The SMILES string of the molecule is CC(C)(C)C(=O)OCOC(=O)[C@@H](Cc1ccccc1)C[C@H](Cc1ccccc1)C(=O)NCCC(=O)O. The van der Waals surface area contributed by atoms with Gasteiger partial charge in [0.1, 0.15) is 0 Å². The Balaban J connectivity index is 2.18. The van der Waals surface area contributed by atoms with Crippen LogP contribution in [0.2, 0.25) is 0 Å². The molecule has 0 aliphatic heterocycles. The molecule has 2 atom stereocenters. The van der Waals surface area contributed by atoms with Crippen LogP contribution in [-0.4, -0.2) is 42.3 Å². The average molecular weight is 498 g/mol. The molecule has 2 aromatic rings. The zero-order chi connectivity index (χ0) is 26.6.